The van der Waals surface area contributed by atoms with Gasteiger partial charge in [0.15, 0.2) is 5.96 Å². The number of aliphatic imine (C=N–C) groups is 1. The Morgan fingerprint density at radius 2 is 1.93 bits per heavy atom. The minimum absolute atomic E-state index is 0. The highest BCUT2D eigenvalue weighted by molar-refractivity contribution is 14.0. The highest BCUT2D eigenvalue weighted by atomic mass is 127. The van der Waals surface area contributed by atoms with E-state index in [-0.39, 0.29) is 47.0 Å². The number of guanidine groups is 1. The van der Waals surface area contributed by atoms with Gasteiger partial charge in [0.1, 0.15) is 5.82 Å². The molecule has 5 nitrogen and oxygen atoms in total. The quantitative estimate of drug-likeness (QED) is 0.209. The van der Waals surface area contributed by atoms with Crippen molar-refractivity contribution in [2.24, 2.45) is 10.9 Å². The second-order valence-corrected chi connectivity index (χ2v) is 7.79. The number of nitrogens with zero attached hydrogens (tertiary/aromatic N) is 1. The Kier molecular flexibility index (Phi) is 10.8. The van der Waals surface area contributed by atoms with Gasteiger partial charge in [0.2, 0.25) is 5.91 Å². The molecular weight excluding hydrogens is 470 g/mol. The van der Waals surface area contributed by atoms with Gasteiger partial charge in [0, 0.05) is 31.0 Å². The van der Waals surface area contributed by atoms with E-state index in [2.05, 4.69) is 34.8 Å². The smallest absolute Gasteiger partial charge is 0.223 e. The zero-order valence-corrected chi connectivity index (χ0v) is 19.5. The number of hydrogen-bond acceptors (Lipinski definition) is 2. The Morgan fingerprint density at radius 3 is 2.54 bits per heavy atom. The van der Waals surface area contributed by atoms with Gasteiger partial charge >= 0.3 is 0 Å². The van der Waals surface area contributed by atoms with Crippen molar-refractivity contribution >= 4 is 35.8 Å². The summed E-state index contributed by atoms with van der Waals surface area (Å²) in [5.74, 6) is 0.950. The predicted molar refractivity (Wildman–Crippen MR) is 124 cm³/mol. The first-order valence-corrected chi connectivity index (χ1v) is 9.98. The molecule has 0 bridgehead atoms. The summed E-state index contributed by atoms with van der Waals surface area (Å²) in [7, 11) is 0. The molecule has 1 aliphatic rings. The van der Waals surface area contributed by atoms with Crippen molar-refractivity contribution in [3.63, 3.8) is 0 Å². The number of halogens is 2. The van der Waals surface area contributed by atoms with E-state index < -0.39 is 0 Å². The molecule has 0 heterocycles. The van der Waals surface area contributed by atoms with Gasteiger partial charge in [-0.05, 0) is 43.9 Å². The maximum absolute atomic E-state index is 13.5. The van der Waals surface area contributed by atoms with Crippen LogP contribution in [0.4, 0.5) is 4.39 Å². The van der Waals surface area contributed by atoms with Crippen LogP contribution in [0.2, 0.25) is 0 Å². The summed E-state index contributed by atoms with van der Waals surface area (Å²) in [6.45, 7) is 8.87. The van der Waals surface area contributed by atoms with Crippen LogP contribution in [-0.2, 0) is 10.2 Å². The molecule has 1 aromatic carbocycles. The normalized spacial score (nSPS) is 14.6. The largest absolute Gasteiger partial charge is 0.357 e. The van der Waals surface area contributed by atoms with Crippen LogP contribution < -0.4 is 16.0 Å². The van der Waals surface area contributed by atoms with E-state index in [0.717, 1.165) is 43.9 Å². The fourth-order valence-electron chi connectivity index (χ4n) is 2.94. The maximum Gasteiger partial charge on any atom is 0.223 e. The van der Waals surface area contributed by atoms with Gasteiger partial charge in [0.05, 0.1) is 6.54 Å². The zero-order valence-electron chi connectivity index (χ0n) is 17.2. The third-order valence-corrected chi connectivity index (χ3v) is 5.00. The topological polar surface area (TPSA) is 65.5 Å². The Morgan fingerprint density at radius 1 is 1.21 bits per heavy atom. The summed E-state index contributed by atoms with van der Waals surface area (Å²) in [6, 6.07) is 6.69. The molecule has 0 radical (unpaired) electrons. The van der Waals surface area contributed by atoms with Gasteiger partial charge in [-0.1, -0.05) is 32.4 Å². The van der Waals surface area contributed by atoms with E-state index >= 15 is 0 Å². The van der Waals surface area contributed by atoms with Crippen molar-refractivity contribution in [3.8, 4) is 0 Å². The maximum atomic E-state index is 13.5. The summed E-state index contributed by atoms with van der Waals surface area (Å²) < 4.78 is 13.5. The predicted octanol–water partition coefficient (Wildman–Crippen LogP) is 3.58. The molecule has 0 saturated heterocycles. The number of amides is 1. The molecule has 28 heavy (non-hydrogen) atoms. The third kappa shape index (κ3) is 7.93. The van der Waals surface area contributed by atoms with Crippen molar-refractivity contribution in [1.29, 1.82) is 0 Å². The molecule has 1 saturated carbocycles. The first kappa shape index (κ1) is 24.7. The minimum atomic E-state index is -0.263. The minimum Gasteiger partial charge on any atom is -0.357 e. The lowest BCUT2D eigenvalue weighted by molar-refractivity contribution is -0.127. The van der Waals surface area contributed by atoms with E-state index in [0.29, 0.717) is 13.1 Å². The number of benzene rings is 1. The molecule has 1 aromatic rings. The van der Waals surface area contributed by atoms with E-state index in [9.17, 15) is 9.18 Å². The lowest BCUT2D eigenvalue weighted by Crippen LogP contribution is -2.40. The van der Waals surface area contributed by atoms with Crippen LogP contribution in [-0.4, -0.2) is 38.0 Å². The summed E-state index contributed by atoms with van der Waals surface area (Å²) in [4.78, 5) is 16.5. The Hall–Kier alpha value is -1.38. The molecular formula is C21H34FIN4O. The molecule has 1 aliphatic carbocycles. The molecule has 158 valence electrons. The molecule has 7 heteroatoms. The standard InChI is InChI=1S/C21H33FN4O.HI/c1-4-23-20(25-13-7-12-24-19(27)16-8-5-9-16)26-15-21(2,3)17-10-6-11-18(22)14-17;/h6,10-11,14,16H,4-5,7-9,12-13,15H2,1-3H3,(H,24,27)(H2,23,25,26);1H. The summed E-state index contributed by atoms with van der Waals surface area (Å²) in [5, 5.41) is 9.53. The van der Waals surface area contributed by atoms with Crippen LogP contribution in [0, 0.1) is 11.7 Å². The van der Waals surface area contributed by atoms with Crippen LogP contribution in [0.1, 0.15) is 52.0 Å². The molecule has 0 aliphatic heterocycles. The lowest BCUT2D eigenvalue weighted by atomic mass is 9.85. The van der Waals surface area contributed by atoms with Gasteiger partial charge in [-0.25, -0.2) is 4.39 Å². The van der Waals surface area contributed by atoms with Crippen molar-refractivity contribution in [1.82, 2.24) is 16.0 Å². The van der Waals surface area contributed by atoms with Crippen LogP contribution in [0.3, 0.4) is 0 Å². The summed E-state index contributed by atoms with van der Waals surface area (Å²) in [5.41, 5.74) is 0.669. The van der Waals surface area contributed by atoms with Crippen molar-refractivity contribution in [2.75, 3.05) is 26.2 Å². The molecule has 0 unspecified atom stereocenters. The Labute approximate surface area is 185 Å². The monoisotopic (exact) mass is 504 g/mol. The van der Waals surface area contributed by atoms with Gasteiger partial charge in [-0.15, -0.1) is 24.0 Å². The fourth-order valence-corrected chi connectivity index (χ4v) is 2.94. The van der Waals surface area contributed by atoms with Gasteiger partial charge < -0.3 is 16.0 Å². The molecule has 1 amide bonds. The third-order valence-electron chi connectivity index (χ3n) is 5.00. The Balaban J connectivity index is 0.00000392. The first-order chi connectivity index (χ1) is 12.9. The van der Waals surface area contributed by atoms with E-state index in [1.165, 1.54) is 12.5 Å². The number of rotatable bonds is 9. The Bertz CT molecular complexity index is 647. The van der Waals surface area contributed by atoms with E-state index in [1.807, 2.05) is 13.0 Å². The van der Waals surface area contributed by atoms with E-state index in [1.54, 1.807) is 12.1 Å². The zero-order chi connectivity index (χ0) is 19.7. The van der Waals surface area contributed by atoms with Crippen LogP contribution >= 0.6 is 24.0 Å². The fraction of sp³-hybridized carbons (Fsp3) is 0.619. The molecule has 2 rings (SSSR count). The average molecular weight is 504 g/mol. The van der Waals surface area contributed by atoms with Crippen LogP contribution in [0.15, 0.2) is 29.3 Å². The molecule has 0 spiro atoms. The summed E-state index contributed by atoms with van der Waals surface area (Å²) >= 11 is 0. The molecule has 0 atom stereocenters. The van der Waals surface area contributed by atoms with Crippen LogP contribution in [0.25, 0.3) is 0 Å². The number of carbonyl (C=O) groups excluding carboxylic acids is 1. The highest BCUT2D eigenvalue weighted by Crippen LogP contribution is 2.26. The summed E-state index contributed by atoms with van der Waals surface area (Å²) in [6.07, 6.45) is 4.08. The van der Waals surface area contributed by atoms with Gasteiger partial charge in [0.25, 0.3) is 0 Å². The number of nitrogens with one attached hydrogen (secondary N) is 3. The second-order valence-electron chi connectivity index (χ2n) is 7.79. The van der Waals surface area contributed by atoms with Gasteiger partial charge in [-0.3, -0.25) is 9.79 Å². The first-order valence-electron chi connectivity index (χ1n) is 9.98. The second kappa shape index (κ2) is 12.2. The van der Waals surface area contributed by atoms with Gasteiger partial charge in [-0.2, -0.15) is 0 Å². The van der Waals surface area contributed by atoms with Crippen LogP contribution in [0.5, 0.6) is 0 Å². The lowest BCUT2D eigenvalue weighted by Gasteiger charge is -2.24. The SMILES string of the molecule is CCNC(=NCC(C)(C)c1cccc(F)c1)NCCCNC(=O)C1CCC1.I. The van der Waals surface area contributed by atoms with Crippen molar-refractivity contribution in [2.45, 2.75) is 51.9 Å². The van der Waals surface area contributed by atoms with E-state index in [4.69, 9.17) is 0 Å². The number of hydrogen-bond donors (Lipinski definition) is 3. The molecule has 3 N–H and O–H groups in total. The highest BCUT2D eigenvalue weighted by Gasteiger charge is 2.24. The molecule has 0 aromatic heterocycles. The average Bonchev–Trinajstić information content (AvgIpc) is 2.58. The van der Waals surface area contributed by atoms with Crippen molar-refractivity contribution < 1.29 is 9.18 Å². The number of carbonyl (C=O) groups is 1. The van der Waals surface area contributed by atoms with Crippen molar-refractivity contribution in [3.05, 3.63) is 35.6 Å². The molecule has 1 fully saturated rings.